The van der Waals surface area contributed by atoms with E-state index in [9.17, 15) is 15.1 Å². The lowest BCUT2D eigenvalue weighted by atomic mass is 9.82. The average molecular weight is 674 g/mol. The van der Waals surface area contributed by atoms with Crippen LogP contribution in [0.4, 0.5) is 5.69 Å². The van der Waals surface area contributed by atoms with Crippen LogP contribution in [0.2, 0.25) is 0 Å². The summed E-state index contributed by atoms with van der Waals surface area (Å²) < 4.78 is 28.5. The van der Waals surface area contributed by atoms with E-state index >= 15 is 0 Å². The number of methoxy groups -OCH3 is 2. The molecular weight excluding hydrogens is 630 g/mol. The van der Waals surface area contributed by atoms with Gasteiger partial charge in [-0.25, -0.2) is 4.99 Å². The van der Waals surface area contributed by atoms with Crippen LogP contribution in [0.25, 0.3) is 10.4 Å². The summed E-state index contributed by atoms with van der Waals surface area (Å²) in [6, 6.07) is 19.3. The zero-order valence-electron chi connectivity index (χ0n) is 28.5. The molecule has 1 aliphatic rings. The molecule has 0 aliphatic carbocycles. The van der Waals surface area contributed by atoms with Gasteiger partial charge in [0.05, 0.1) is 20.8 Å². The Morgan fingerprint density at radius 1 is 1.06 bits per heavy atom. The van der Waals surface area contributed by atoms with Gasteiger partial charge >= 0.3 is 5.97 Å². The molecule has 2 atom stereocenters. The first-order chi connectivity index (χ1) is 23.5. The van der Waals surface area contributed by atoms with Crippen LogP contribution < -0.4 is 19.5 Å². The van der Waals surface area contributed by atoms with E-state index < -0.39 is 29.1 Å². The van der Waals surface area contributed by atoms with E-state index in [2.05, 4.69) is 15.3 Å². The van der Waals surface area contributed by atoms with Crippen molar-refractivity contribution in [2.45, 2.75) is 63.7 Å². The Hall–Kier alpha value is -5.26. The summed E-state index contributed by atoms with van der Waals surface area (Å²) in [7, 11) is 3.12. The molecule has 1 heterocycles. The number of hydrogen-bond acceptors (Lipinski definition) is 10. The molecule has 1 aliphatic heterocycles. The van der Waals surface area contributed by atoms with Crippen molar-refractivity contribution in [3.63, 3.8) is 0 Å². The Kier molecular flexibility index (Phi) is 12.5. The highest BCUT2D eigenvalue weighted by atomic mass is 16.6. The minimum Gasteiger partial charge on any atom is -0.494 e. The predicted octanol–water partition coefficient (Wildman–Crippen LogP) is 6.14. The van der Waals surface area contributed by atoms with Gasteiger partial charge < -0.3 is 34.1 Å². The lowest BCUT2D eigenvalue weighted by Gasteiger charge is -2.31. The van der Waals surface area contributed by atoms with Gasteiger partial charge in [0, 0.05) is 47.7 Å². The molecule has 0 saturated heterocycles. The summed E-state index contributed by atoms with van der Waals surface area (Å²) in [6.07, 6.45) is -0.314. The van der Waals surface area contributed by atoms with Crippen LogP contribution >= 0.6 is 0 Å². The number of hydrogen-bond donors (Lipinski definition) is 2. The van der Waals surface area contributed by atoms with Crippen LogP contribution in [0.5, 0.6) is 17.2 Å². The summed E-state index contributed by atoms with van der Waals surface area (Å²) in [6.45, 7) is 5.91. The number of nitrogens with one attached hydrogen (secondary N) is 1. The molecule has 0 aromatic heterocycles. The second kappa shape index (κ2) is 16.7. The number of aliphatic hydroxyl groups is 1. The predicted molar refractivity (Wildman–Crippen MR) is 183 cm³/mol. The third kappa shape index (κ3) is 9.43. The topological polar surface area (TPSA) is 174 Å². The maximum atomic E-state index is 14.5. The summed E-state index contributed by atoms with van der Waals surface area (Å²) in [5.41, 5.74) is 9.12. The Morgan fingerprint density at radius 2 is 1.80 bits per heavy atom. The van der Waals surface area contributed by atoms with Crippen molar-refractivity contribution in [1.82, 2.24) is 5.32 Å². The molecule has 13 heteroatoms. The van der Waals surface area contributed by atoms with Gasteiger partial charge in [-0.1, -0.05) is 35.4 Å². The Morgan fingerprint density at radius 3 is 2.47 bits per heavy atom. The number of benzene rings is 3. The number of azide groups is 1. The van der Waals surface area contributed by atoms with Gasteiger partial charge in [0.15, 0.2) is 23.1 Å². The third-order valence-electron chi connectivity index (χ3n) is 7.68. The lowest BCUT2D eigenvalue weighted by molar-refractivity contribution is -0.155. The molecule has 0 fully saturated rings. The average Bonchev–Trinajstić information content (AvgIpc) is 3.48. The summed E-state index contributed by atoms with van der Waals surface area (Å²) >= 11 is 0. The standard InChI is InChI=1S/C36H43N5O8/c1-35(2,3)49-31(43)17-19-36(34(44)38-20-18-24-11-16-29(45-4)30(23-24)46-5)32(27-9-6-7-10-28(27)40-41-37)48-33(39-36)25-12-14-26(15-13-25)47-22-8-21-42/h6-7,9-16,23,32,42H,8,17-22H2,1-5H3,(H,38,44)/t32-,36-/m1/s1. The fraction of sp³-hybridized carbons (Fsp3) is 0.417. The van der Waals surface area contributed by atoms with Gasteiger partial charge in [-0.05, 0) is 81.1 Å². The molecule has 49 heavy (non-hydrogen) atoms. The van der Waals surface area contributed by atoms with E-state index in [4.69, 9.17) is 33.8 Å². The van der Waals surface area contributed by atoms with Gasteiger partial charge in [-0.3, -0.25) is 9.59 Å². The zero-order valence-corrected chi connectivity index (χ0v) is 28.5. The molecule has 3 aromatic rings. The summed E-state index contributed by atoms with van der Waals surface area (Å²) in [4.78, 5) is 35.4. The highest BCUT2D eigenvalue weighted by molar-refractivity contribution is 6.01. The number of aliphatic imine (C=N–C) groups is 1. The highest BCUT2D eigenvalue weighted by Crippen LogP contribution is 2.46. The molecule has 0 bridgehead atoms. The van der Waals surface area contributed by atoms with E-state index in [1.807, 2.05) is 12.1 Å². The smallest absolute Gasteiger partial charge is 0.306 e. The highest BCUT2D eigenvalue weighted by Gasteiger charge is 2.53. The van der Waals surface area contributed by atoms with Crippen molar-refractivity contribution in [3.8, 4) is 17.2 Å². The van der Waals surface area contributed by atoms with E-state index in [1.54, 1.807) is 89.6 Å². The molecular formula is C36H43N5O8. The van der Waals surface area contributed by atoms with Gasteiger partial charge in [0.2, 0.25) is 5.90 Å². The van der Waals surface area contributed by atoms with Gasteiger partial charge in [-0.2, -0.15) is 0 Å². The molecule has 260 valence electrons. The maximum absolute atomic E-state index is 14.5. The number of carbonyl (C=O) groups excluding carboxylic acids is 2. The normalized spacial score (nSPS) is 16.9. The number of amides is 1. The number of aliphatic hydroxyl groups excluding tert-OH is 1. The van der Waals surface area contributed by atoms with Crippen molar-refractivity contribution >= 4 is 23.5 Å². The fourth-order valence-corrected chi connectivity index (χ4v) is 5.39. The number of nitrogens with zero attached hydrogens (tertiary/aromatic N) is 4. The molecule has 3 aromatic carbocycles. The quantitative estimate of drug-likeness (QED) is 0.0599. The van der Waals surface area contributed by atoms with E-state index in [0.717, 1.165) is 5.56 Å². The molecule has 4 rings (SSSR count). The second-order valence-corrected chi connectivity index (χ2v) is 12.3. The fourth-order valence-electron chi connectivity index (χ4n) is 5.39. The number of rotatable bonds is 16. The van der Waals surface area contributed by atoms with Crippen molar-refractivity contribution in [2.75, 3.05) is 34.0 Å². The SMILES string of the molecule is COc1ccc(CCNC(=O)[C@]2(CCC(=O)OC(C)(C)C)N=C(c3ccc(OCCCO)cc3)O[C@@H]2c2ccccc2N=[N+]=[N-])cc1OC. The first-order valence-electron chi connectivity index (χ1n) is 16.0. The van der Waals surface area contributed by atoms with Crippen molar-refractivity contribution in [3.05, 3.63) is 93.9 Å². The number of carbonyl (C=O) groups is 2. The number of esters is 1. The van der Waals surface area contributed by atoms with Gasteiger partial charge in [0.1, 0.15) is 11.4 Å². The monoisotopic (exact) mass is 673 g/mol. The molecule has 2 N–H and O–H groups in total. The Labute approximate surface area is 285 Å². The molecule has 0 radical (unpaired) electrons. The first-order valence-corrected chi connectivity index (χ1v) is 16.0. The molecule has 0 saturated carbocycles. The summed E-state index contributed by atoms with van der Waals surface area (Å²) in [5, 5.41) is 16.0. The Bertz CT molecular complexity index is 1680. The Balaban J connectivity index is 1.73. The van der Waals surface area contributed by atoms with E-state index in [0.29, 0.717) is 47.8 Å². The molecule has 0 unspecified atom stereocenters. The first kappa shape index (κ1) is 36.6. The molecule has 13 nitrogen and oxygen atoms in total. The van der Waals surface area contributed by atoms with E-state index in [-0.39, 0.29) is 37.6 Å². The van der Waals surface area contributed by atoms with Crippen LogP contribution in [-0.4, -0.2) is 68.0 Å². The van der Waals surface area contributed by atoms with Crippen LogP contribution in [0.15, 0.2) is 76.8 Å². The van der Waals surface area contributed by atoms with Crippen molar-refractivity contribution in [2.24, 2.45) is 10.1 Å². The lowest BCUT2D eigenvalue weighted by Crippen LogP contribution is -2.49. The summed E-state index contributed by atoms with van der Waals surface area (Å²) in [5.74, 6) is 0.939. The van der Waals surface area contributed by atoms with Crippen molar-refractivity contribution < 1.29 is 38.4 Å². The minimum atomic E-state index is -1.65. The van der Waals surface area contributed by atoms with Crippen molar-refractivity contribution in [1.29, 1.82) is 0 Å². The zero-order chi connectivity index (χ0) is 35.4. The third-order valence-corrected chi connectivity index (χ3v) is 7.68. The minimum absolute atomic E-state index is 0.0170. The van der Waals surface area contributed by atoms with Gasteiger partial charge in [-0.15, -0.1) is 0 Å². The van der Waals surface area contributed by atoms with Crippen LogP contribution in [0.1, 0.15) is 62.8 Å². The molecule has 0 spiro atoms. The van der Waals surface area contributed by atoms with Gasteiger partial charge in [0.25, 0.3) is 5.91 Å². The maximum Gasteiger partial charge on any atom is 0.306 e. The largest absolute Gasteiger partial charge is 0.494 e. The molecule has 1 amide bonds. The number of ether oxygens (including phenoxy) is 5. The van der Waals surface area contributed by atoms with E-state index in [1.165, 1.54) is 0 Å². The van der Waals surface area contributed by atoms with Crippen LogP contribution in [-0.2, 0) is 25.5 Å². The van der Waals surface area contributed by atoms with Crippen LogP contribution in [0, 0.1) is 0 Å². The van der Waals surface area contributed by atoms with Crippen LogP contribution in [0.3, 0.4) is 0 Å². The second-order valence-electron chi connectivity index (χ2n) is 12.3.